The average molecular weight is 479 g/mol. The van der Waals surface area contributed by atoms with Gasteiger partial charge in [0.15, 0.2) is 6.23 Å². The standard InChI is InChI=1S/C27H31FN4O3/c28-12-13-31-17-23(18-31)35-19-22-5-1-2-6-24(22)30-26(33)11-9-20-8-10-21-16-29-32(25(21)15-20)27-7-3-4-14-34-27/h1-2,5-6,8-11,15-16,23,27H,3-4,7,12-14,17-19H2,(H,30,33)/b11-9+. The van der Waals surface area contributed by atoms with Crippen LogP contribution in [0, 0.1) is 0 Å². The normalized spacial score (nSPS) is 19.3. The minimum absolute atomic E-state index is 0.0331. The quantitative estimate of drug-likeness (QED) is 0.457. The third-order valence-electron chi connectivity index (χ3n) is 6.55. The molecule has 7 nitrogen and oxygen atoms in total. The fourth-order valence-corrected chi connectivity index (χ4v) is 4.56. The highest BCUT2D eigenvalue weighted by Gasteiger charge is 2.27. The van der Waals surface area contributed by atoms with Crippen molar-refractivity contribution >= 4 is 28.6 Å². The topological polar surface area (TPSA) is 68.6 Å². The largest absolute Gasteiger partial charge is 0.371 e. The van der Waals surface area contributed by atoms with Gasteiger partial charge in [0.2, 0.25) is 5.91 Å². The number of hydrogen-bond donors (Lipinski definition) is 1. The second-order valence-corrected chi connectivity index (χ2v) is 9.09. The Kier molecular flexibility index (Phi) is 7.51. The minimum Gasteiger partial charge on any atom is -0.371 e. The minimum atomic E-state index is -0.332. The summed E-state index contributed by atoms with van der Waals surface area (Å²) in [5.74, 6) is -0.209. The molecule has 1 unspecified atom stereocenters. The van der Waals surface area contributed by atoms with Crippen LogP contribution < -0.4 is 5.32 Å². The third kappa shape index (κ3) is 5.78. The molecular formula is C27H31FN4O3. The van der Waals surface area contributed by atoms with E-state index in [1.165, 1.54) is 6.08 Å². The van der Waals surface area contributed by atoms with Crippen molar-refractivity contribution in [3.8, 4) is 0 Å². The van der Waals surface area contributed by atoms with Crippen LogP contribution in [0.25, 0.3) is 17.0 Å². The number of hydrogen-bond acceptors (Lipinski definition) is 5. The second-order valence-electron chi connectivity index (χ2n) is 9.09. The van der Waals surface area contributed by atoms with Crippen LogP contribution in [0.2, 0.25) is 0 Å². The Morgan fingerprint density at radius 1 is 1.23 bits per heavy atom. The van der Waals surface area contributed by atoms with Crippen molar-refractivity contribution in [1.29, 1.82) is 0 Å². The van der Waals surface area contributed by atoms with Crippen LogP contribution in [0.5, 0.6) is 0 Å². The molecule has 184 valence electrons. The van der Waals surface area contributed by atoms with E-state index in [1.54, 1.807) is 6.08 Å². The van der Waals surface area contributed by atoms with Gasteiger partial charge in [0.25, 0.3) is 0 Å². The van der Waals surface area contributed by atoms with Gasteiger partial charge in [-0.15, -0.1) is 0 Å². The summed E-state index contributed by atoms with van der Waals surface area (Å²) in [5.41, 5.74) is 3.56. The maximum absolute atomic E-state index is 12.7. The summed E-state index contributed by atoms with van der Waals surface area (Å²) in [5, 5.41) is 8.54. The first kappa shape index (κ1) is 23.7. The monoisotopic (exact) mass is 478 g/mol. The number of fused-ring (bicyclic) bond motifs is 1. The van der Waals surface area contributed by atoms with Crippen LogP contribution >= 0.6 is 0 Å². The van der Waals surface area contributed by atoms with Gasteiger partial charge in [-0.05, 0) is 43.0 Å². The van der Waals surface area contributed by atoms with Gasteiger partial charge in [-0.25, -0.2) is 9.07 Å². The average Bonchev–Trinajstić information content (AvgIpc) is 3.29. The van der Waals surface area contributed by atoms with Crippen molar-refractivity contribution < 1.29 is 18.7 Å². The van der Waals surface area contributed by atoms with Crippen LogP contribution in [0.4, 0.5) is 10.1 Å². The van der Waals surface area contributed by atoms with Crippen LogP contribution in [0.3, 0.4) is 0 Å². The molecule has 3 heterocycles. The lowest BCUT2D eigenvalue weighted by Crippen LogP contribution is -2.52. The Hall–Kier alpha value is -3.07. The number of alkyl halides is 1. The summed E-state index contributed by atoms with van der Waals surface area (Å²) in [6.07, 6.45) is 8.46. The highest BCUT2D eigenvalue weighted by molar-refractivity contribution is 6.02. The number of likely N-dealkylation sites (tertiary alicyclic amines) is 1. The Morgan fingerprint density at radius 2 is 2.11 bits per heavy atom. The Balaban J connectivity index is 1.20. The Labute approximate surface area is 204 Å². The fraction of sp³-hybridized carbons (Fsp3) is 0.407. The molecule has 0 spiro atoms. The van der Waals surface area contributed by atoms with Gasteiger partial charge in [-0.3, -0.25) is 9.69 Å². The summed E-state index contributed by atoms with van der Waals surface area (Å²) >= 11 is 0. The first-order valence-corrected chi connectivity index (χ1v) is 12.3. The predicted octanol–water partition coefficient (Wildman–Crippen LogP) is 4.56. The van der Waals surface area contributed by atoms with Crippen LogP contribution in [0.1, 0.15) is 36.6 Å². The highest BCUT2D eigenvalue weighted by Crippen LogP contribution is 2.27. The van der Waals surface area contributed by atoms with E-state index in [4.69, 9.17) is 9.47 Å². The number of rotatable bonds is 9. The number of aromatic nitrogens is 2. The van der Waals surface area contributed by atoms with E-state index in [1.807, 2.05) is 58.2 Å². The van der Waals surface area contributed by atoms with E-state index in [0.717, 1.165) is 66.7 Å². The van der Waals surface area contributed by atoms with Gasteiger partial charge < -0.3 is 14.8 Å². The first-order valence-electron chi connectivity index (χ1n) is 12.3. The lowest BCUT2D eigenvalue weighted by molar-refractivity contribution is -0.111. The molecule has 0 radical (unpaired) electrons. The number of benzene rings is 2. The van der Waals surface area contributed by atoms with Gasteiger partial charge in [-0.2, -0.15) is 5.10 Å². The third-order valence-corrected chi connectivity index (χ3v) is 6.55. The number of amides is 1. The molecule has 1 amide bonds. The molecule has 3 aromatic rings. The van der Waals surface area contributed by atoms with Gasteiger partial charge in [-0.1, -0.05) is 30.3 Å². The number of anilines is 1. The summed E-state index contributed by atoms with van der Waals surface area (Å²) < 4.78 is 26.2. The van der Waals surface area contributed by atoms with E-state index in [0.29, 0.717) is 13.2 Å². The highest BCUT2D eigenvalue weighted by atomic mass is 19.1. The van der Waals surface area contributed by atoms with Gasteiger partial charge in [0, 0.05) is 49.0 Å². The SMILES string of the molecule is O=C(/C=C/c1ccc2cnn(C3CCCCO3)c2c1)Nc1ccccc1COC1CN(CCF)C1. The summed E-state index contributed by atoms with van der Waals surface area (Å²) in [7, 11) is 0. The Morgan fingerprint density at radius 3 is 2.94 bits per heavy atom. The van der Waals surface area contributed by atoms with Crippen molar-refractivity contribution in [2.24, 2.45) is 0 Å². The molecule has 5 rings (SSSR count). The molecule has 2 fully saturated rings. The molecule has 0 aliphatic carbocycles. The lowest BCUT2D eigenvalue weighted by Gasteiger charge is -2.38. The van der Waals surface area contributed by atoms with Crippen molar-refractivity contribution in [3.05, 3.63) is 65.9 Å². The zero-order chi connectivity index (χ0) is 24.0. The molecule has 2 aliphatic rings. The van der Waals surface area contributed by atoms with Crippen molar-refractivity contribution in [3.63, 3.8) is 0 Å². The Bertz CT molecular complexity index is 1180. The molecule has 35 heavy (non-hydrogen) atoms. The molecule has 2 saturated heterocycles. The number of halogens is 1. The van der Waals surface area contributed by atoms with Crippen LogP contribution in [-0.2, 0) is 20.9 Å². The first-order chi connectivity index (χ1) is 17.2. The van der Waals surface area contributed by atoms with Crippen molar-refractivity contribution in [2.45, 2.75) is 38.2 Å². The molecule has 1 N–H and O–H groups in total. The van der Waals surface area contributed by atoms with E-state index in [9.17, 15) is 9.18 Å². The smallest absolute Gasteiger partial charge is 0.248 e. The molecule has 2 aromatic carbocycles. The number of carbonyl (C=O) groups is 1. The molecule has 0 bridgehead atoms. The van der Waals surface area contributed by atoms with Crippen molar-refractivity contribution in [1.82, 2.24) is 14.7 Å². The number of carbonyl (C=O) groups excluding carboxylic acids is 1. The number of nitrogens with zero attached hydrogens (tertiary/aromatic N) is 3. The maximum atomic E-state index is 12.7. The van der Waals surface area contributed by atoms with Gasteiger partial charge in [0.05, 0.1) is 24.4 Å². The van der Waals surface area contributed by atoms with Gasteiger partial charge >= 0.3 is 0 Å². The summed E-state index contributed by atoms with van der Waals surface area (Å²) in [6.45, 7) is 2.79. The molecule has 1 aromatic heterocycles. The molecular weight excluding hydrogens is 447 g/mol. The second kappa shape index (κ2) is 11.1. The number of ether oxygens (including phenoxy) is 2. The van der Waals surface area contributed by atoms with E-state index in [-0.39, 0.29) is 24.9 Å². The molecule has 1 atom stereocenters. The maximum Gasteiger partial charge on any atom is 0.248 e. The molecule has 0 saturated carbocycles. The van der Waals surface area contributed by atoms with E-state index < -0.39 is 0 Å². The van der Waals surface area contributed by atoms with Crippen molar-refractivity contribution in [2.75, 3.05) is 38.2 Å². The fourth-order valence-electron chi connectivity index (χ4n) is 4.56. The predicted molar refractivity (Wildman–Crippen MR) is 134 cm³/mol. The molecule has 8 heteroatoms. The van der Waals surface area contributed by atoms with Gasteiger partial charge in [0.1, 0.15) is 6.67 Å². The van der Waals surface area contributed by atoms with Crippen LogP contribution in [0.15, 0.2) is 54.7 Å². The molecule has 2 aliphatic heterocycles. The van der Waals surface area contributed by atoms with E-state index >= 15 is 0 Å². The number of nitrogens with one attached hydrogen (secondary N) is 1. The zero-order valence-corrected chi connectivity index (χ0v) is 19.7. The van der Waals surface area contributed by atoms with Crippen LogP contribution in [-0.4, -0.2) is 59.6 Å². The summed E-state index contributed by atoms with van der Waals surface area (Å²) in [4.78, 5) is 14.7. The lowest BCUT2D eigenvalue weighted by atomic mass is 10.1. The van der Waals surface area contributed by atoms with E-state index in [2.05, 4.69) is 10.4 Å². The summed E-state index contributed by atoms with van der Waals surface area (Å²) in [6, 6.07) is 13.7. The number of para-hydroxylation sites is 1. The zero-order valence-electron chi connectivity index (χ0n) is 19.7.